The molecule has 0 aromatic carbocycles. The number of unbranched alkanes of at least 4 members (excludes halogenated alkanes) is 1. The monoisotopic (exact) mass is 434 g/mol. The minimum absolute atomic E-state index is 0.0530. The van der Waals surface area contributed by atoms with Crippen LogP contribution in [-0.4, -0.2) is 35.8 Å². The Kier molecular flexibility index (Phi) is 10.7. The van der Waals surface area contributed by atoms with Crippen molar-refractivity contribution < 1.29 is 24.1 Å². The molecule has 0 radical (unpaired) electrons. The van der Waals surface area contributed by atoms with Gasteiger partial charge in [-0.25, -0.2) is 0 Å². The molecule has 0 spiro atoms. The molecule has 7 atom stereocenters. The summed E-state index contributed by atoms with van der Waals surface area (Å²) < 4.78 is 19.0. The fourth-order valence-corrected chi connectivity index (χ4v) is 5.67. The lowest BCUT2D eigenvalue weighted by Crippen LogP contribution is -2.27. The molecule has 2 N–H and O–H groups in total. The van der Waals surface area contributed by atoms with E-state index in [1.807, 2.05) is 6.08 Å². The normalized spacial score (nSPS) is 31.0. The van der Waals surface area contributed by atoms with Gasteiger partial charge in [-0.3, -0.25) is 4.79 Å². The molecule has 28 heavy (non-hydrogen) atoms. The van der Waals surface area contributed by atoms with Crippen molar-refractivity contribution >= 4 is 24.8 Å². The average Bonchev–Trinajstić information content (AvgIpc) is 3.00. The zero-order valence-electron chi connectivity index (χ0n) is 17.8. The zero-order valence-corrected chi connectivity index (χ0v) is 19.0. The molecule has 0 aromatic rings. The van der Waals surface area contributed by atoms with Gasteiger partial charge in [0.2, 0.25) is 0 Å². The van der Waals surface area contributed by atoms with Gasteiger partial charge in [-0.2, -0.15) is 0 Å². The van der Waals surface area contributed by atoms with Crippen LogP contribution < -0.4 is 0 Å². The Balaban J connectivity index is 1.89. The lowest BCUT2D eigenvalue weighted by molar-refractivity contribution is -0.137. The summed E-state index contributed by atoms with van der Waals surface area (Å²) >= 11 is 0. The van der Waals surface area contributed by atoms with E-state index in [4.69, 9.17) is 15.4 Å². The van der Waals surface area contributed by atoms with Gasteiger partial charge >= 0.3 is 5.97 Å². The van der Waals surface area contributed by atoms with Crippen LogP contribution in [0.15, 0.2) is 12.2 Å². The second-order valence-electron chi connectivity index (χ2n) is 8.43. The van der Waals surface area contributed by atoms with E-state index in [2.05, 4.69) is 15.5 Å². The van der Waals surface area contributed by atoms with Crippen LogP contribution in [0.3, 0.4) is 0 Å². The summed E-state index contributed by atoms with van der Waals surface area (Å²) in [6, 6.07) is 0. The molecule has 2 saturated carbocycles. The third-order valence-corrected chi connectivity index (χ3v) is 7.27. The molecule has 2 rings (SSSR count). The number of carbonyl (C=O) groups is 1. The Morgan fingerprint density at radius 3 is 2.71 bits per heavy atom. The van der Waals surface area contributed by atoms with Gasteiger partial charge in [-0.05, 0) is 62.7 Å². The quantitative estimate of drug-likeness (QED) is 0.245. The highest BCUT2D eigenvalue weighted by atomic mass is 31.0. The largest absolute Gasteiger partial charge is 0.481 e. The molecular weight excluding hydrogens is 394 g/mol. The number of aliphatic carboxylic acids is 1. The highest BCUT2D eigenvalue weighted by Gasteiger charge is 2.42. The van der Waals surface area contributed by atoms with E-state index in [1.54, 1.807) is 0 Å². The minimum Gasteiger partial charge on any atom is -0.481 e. The van der Waals surface area contributed by atoms with Crippen LogP contribution in [0.1, 0.15) is 77.0 Å². The van der Waals surface area contributed by atoms with Crippen LogP contribution in [0.2, 0.25) is 0 Å². The van der Waals surface area contributed by atoms with Crippen LogP contribution in [0.5, 0.6) is 0 Å². The van der Waals surface area contributed by atoms with Crippen molar-refractivity contribution in [2.24, 2.45) is 17.8 Å². The Hall–Kier alpha value is -0.0500. The van der Waals surface area contributed by atoms with Crippen molar-refractivity contribution in [2.75, 3.05) is 0 Å². The molecule has 5 nitrogen and oxygen atoms in total. The summed E-state index contributed by atoms with van der Waals surface area (Å²) in [7, 11) is 2.14. The highest BCUT2D eigenvalue weighted by Crippen LogP contribution is 2.42. The first kappa shape index (κ1) is 22.6. The Bertz CT molecular complexity index is 501. The van der Waals surface area contributed by atoms with E-state index >= 15 is 0 Å². The summed E-state index contributed by atoms with van der Waals surface area (Å²) in [5, 5.41) is 19.3. The Morgan fingerprint density at radius 1 is 1.25 bits per heavy atom. The first-order valence-corrected chi connectivity index (χ1v) is 11.7. The minimum atomic E-state index is -0.760. The predicted molar refractivity (Wildman–Crippen MR) is 118 cm³/mol. The molecule has 162 valence electrons. The smallest absolute Gasteiger partial charge is 0.303 e. The van der Waals surface area contributed by atoms with Gasteiger partial charge in [-0.1, -0.05) is 31.4 Å². The maximum Gasteiger partial charge on any atom is 0.303 e. The molecule has 0 aliphatic heterocycles. The van der Waals surface area contributed by atoms with Crippen molar-refractivity contribution in [3.63, 3.8) is 0 Å². The number of hydrogen-bond donors (Lipinski definition) is 2. The highest BCUT2D eigenvalue weighted by molar-refractivity contribution is 7.10. The van der Waals surface area contributed by atoms with Gasteiger partial charge < -0.3 is 19.3 Å². The van der Waals surface area contributed by atoms with Gasteiger partial charge in [0.15, 0.2) is 0 Å². The fourth-order valence-electron chi connectivity index (χ4n) is 5.04. The maximum absolute atomic E-state index is 10.6. The van der Waals surface area contributed by atoms with Crippen molar-refractivity contribution in [3.8, 4) is 0 Å². The molecule has 2 aliphatic carbocycles. The van der Waals surface area contributed by atoms with Gasteiger partial charge in [0.1, 0.15) is 0 Å². The second kappa shape index (κ2) is 13.3. The molecular formula is C21H38O5P2. The first-order chi connectivity index (χ1) is 14.1. The van der Waals surface area contributed by atoms with Gasteiger partial charge in [0.25, 0.3) is 0 Å². The standard InChI is InChI=1S/C21H38O5P2/c22-18-14-20(26-28)17(16(18)10-6-1-2-7-11-21(23)24)12-13-19(25-27)15-8-4-3-5-9-15/h1,6,15-20,22H,2-5,7-14,27-28H2,(H,23,24)/b6-1-/t16-,17-,18+,19+,20-/m1/s1/i28T/t16-,17-,18+,19+,20-,28?. The molecule has 0 heterocycles. The van der Waals surface area contributed by atoms with Gasteiger partial charge in [0, 0.05) is 31.7 Å². The SMILES string of the molecule is [3H]PO[C@@H]1C[C@H](O)[C@H](C/C=C\CCCC(=O)O)[C@H]1CC[C@H](OP)C1CCCCC1. The number of rotatable bonds is 13. The van der Waals surface area contributed by atoms with Gasteiger partial charge in [-0.15, -0.1) is 0 Å². The molecule has 2 fully saturated rings. The van der Waals surface area contributed by atoms with Gasteiger partial charge in [0.05, 0.1) is 19.6 Å². The average molecular weight is 434 g/mol. The third kappa shape index (κ3) is 7.65. The van der Waals surface area contributed by atoms with Crippen molar-refractivity contribution in [3.05, 3.63) is 12.2 Å². The number of hydrogen-bond acceptors (Lipinski definition) is 4. The number of aliphatic hydroxyl groups is 1. The van der Waals surface area contributed by atoms with Crippen molar-refractivity contribution in [1.29, 1.82) is 1.28 Å². The van der Waals surface area contributed by atoms with E-state index in [9.17, 15) is 9.90 Å². The third-order valence-electron chi connectivity index (χ3n) is 6.62. The zero-order chi connectivity index (χ0) is 21.1. The first-order valence-electron chi connectivity index (χ1n) is 11.3. The van der Waals surface area contributed by atoms with Crippen molar-refractivity contribution in [2.45, 2.75) is 95.4 Å². The molecule has 0 bridgehead atoms. The molecule has 2 unspecified atom stereocenters. The van der Waals surface area contributed by atoms with E-state index < -0.39 is 12.1 Å². The Labute approximate surface area is 175 Å². The Morgan fingerprint density at radius 2 is 2.04 bits per heavy atom. The summed E-state index contributed by atoms with van der Waals surface area (Å²) in [5.74, 6) is 0.226. The van der Waals surface area contributed by atoms with Crippen LogP contribution >= 0.6 is 18.9 Å². The van der Waals surface area contributed by atoms with Crippen LogP contribution in [0.25, 0.3) is 0 Å². The summed E-state index contributed by atoms with van der Waals surface area (Å²) in [6.45, 7) is 0. The fraction of sp³-hybridized carbons (Fsp3) is 0.857. The number of carboxylic acid groups (broad SMARTS) is 1. The lowest BCUT2D eigenvalue weighted by Gasteiger charge is -2.31. The molecule has 2 aliphatic rings. The maximum atomic E-state index is 10.6. The molecule has 0 aromatic heterocycles. The molecule has 0 saturated heterocycles. The molecule has 0 amide bonds. The molecule has 7 heteroatoms. The van der Waals surface area contributed by atoms with Crippen LogP contribution in [0.4, 0.5) is 0 Å². The van der Waals surface area contributed by atoms with Crippen LogP contribution in [-0.2, 0) is 13.8 Å². The van der Waals surface area contributed by atoms with E-state index in [0.29, 0.717) is 18.8 Å². The van der Waals surface area contributed by atoms with E-state index in [-0.39, 0.29) is 39.9 Å². The predicted octanol–water partition coefficient (Wildman–Crippen LogP) is 4.90. The van der Waals surface area contributed by atoms with Crippen molar-refractivity contribution in [1.82, 2.24) is 0 Å². The topological polar surface area (TPSA) is 76.0 Å². The summed E-state index contributed by atoms with van der Waals surface area (Å²) in [5.41, 5.74) is 0. The number of aliphatic hydroxyl groups excluding tert-OH is 1. The summed E-state index contributed by atoms with van der Waals surface area (Å²) in [4.78, 5) is 10.6. The number of carboxylic acids is 1. The lowest BCUT2D eigenvalue weighted by atomic mass is 9.80. The number of allylic oxidation sites excluding steroid dienone is 2. The van der Waals surface area contributed by atoms with E-state index in [1.165, 1.54) is 32.1 Å². The summed E-state index contributed by atoms with van der Waals surface area (Å²) in [6.07, 6.45) is 15.1. The van der Waals surface area contributed by atoms with Crippen LogP contribution in [0, 0.1) is 17.8 Å². The second-order valence-corrected chi connectivity index (χ2v) is 8.94. The van der Waals surface area contributed by atoms with E-state index in [0.717, 1.165) is 25.7 Å².